The zero-order chi connectivity index (χ0) is 14.6. The molecule has 0 aliphatic carbocycles. The van der Waals surface area contributed by atoms with E-state index in [0.717, 1.165) is 16.9 Å². The average molecular weight is 269 g/mol. The third kappa shape index (κ3) is 3.18. The van der Waals surface area contributed by atoms with Gasteiger partial charge in [0.25, 0.3) is 0 Å². The summed E-state index contributed by atoms with van der Waals surface area (Å²) in [5.41, 5.74) is 6.74. The van der Waals surface area contributed by atoms with Gasteiger partial charge in [0, 0.05) is 0 Å². The number of carbonyl (C=O) groups is 1. The van der Waals surface area contributed by atoms with Crippen LogP contribution < -0.4 is 10.5 Å². The fourth-order valence-electron chi connectivity index (χ4n) is 1.85. The molecule has 0 saturated carbocycles. The fraction of sp³-hybridized carbons (Fsp3) is 0.235. The first-order chi connectivity index (χ1) is 9.50. The van der Waals surface area contributed by atoms with Crippen LogP contribution in [0.5, 0.6) is 5.75 Å². The van der Waals surface area contributed by atoms with Gasteiger partial charge < -0.3 is 10.5 Å². The molecule has 0 aliphatic rings. The summed E-state index contributed by atoms with van der Waals surface area (Å²) in [6, 6.07) is 17.5. The van der Waals surface area contributed by atoms with Gasteiger partial charge in [-0.25, -0.2) is 0 Å². The molecule has 0 aliphatic heterocycles. The molecule has 0 bridgehead atoms. The van der Waals surface area contributed by atoms with Crippen LogP contribution in [0.3, 0.4) is 0 Å². The Morgan fingerprint density at radius 3 is 2.20 bits per heavy atom. The number of amides is 1. The number of primary amides is 1. The van der Waals surface area contributed by atoms with Gasteiger partial charge in [-0.2, -0.15) is 0 Å². The highest BCUT2D eigenvalue weighted by Gasteiger charge is 2.26. The molecule has 104 valence electrons. The highest BCUT2D eigenvalue weighted by molar-refractivity contribution is 5.85. The Labute approximate surface area is 119 Å². The number of carbonyl (C=O) groups excluding carboxylic acids is 1. The summed E-state index contributed by atoms with van der Waals surface area (Å²) in [6.45, 7) is 4.16. The number of nitrogens with two attached hydrogens (primary N) is 1. The number of benzene rings is 2. The van der Waals surface area contributed by atoms with Crippen molar-refractivity contribution in [2.75, 3.05) is 0 Å². The third-order valence-electron chi connectivity index (χ3n) is 3.44. The summed E-state index contributed by atoms with van der Waals surface area (Å²) in [7, 11) is 0. The second-order valence-corrected chi connectivity index (χ2v) is 5.29. The predicted molar refractivity (Wildman–Crippen MR) is 79.4 cm³/mol. The lowest BCUT2D eigenvalue weighted by Gasteiger charge is -2.21. The van der Waals surface area contributed by atoms with Crippen molar-refractivity contribution >= 4 is 5.91 Å². The van der Waals surface area contributed by atoms with Crippen molar-refractivity contribution in [2.24, 2.45) is 5.73 Å². The monoisotopic (exact) mass is 269 g/mol. The van der Waals surface area contributed by atoms with Gasteiger partial charge in [0.15, 0.2) is 0 Å². The van der Waals surface area contributed by atoms with E-state index in [0.29, 0.717) is 6.61 Å². The topological polar surface area (TPSA) is 52.3 Å². The molecule has 2 aromatic carbocycles. The molecule has 0 unspecified atom stereocenters. The van der Waals surface area contributed by atoms with Crippen LogP contribution in [0.2, 0.25) is 0 Å². The number of ether oxygens (including phenoxy) is 1. The van der Waals surface area contributed by atoms with E-state index < -0.39 is 5.41 Å². The maximum Gasteiger partial charge on any atom is 0.227 e. The molecule has 0 fully saturated rings. The van der Waals surface area contributed by atoms with Gasteiger partial charge in [0.2, 0.25) is 5.91 Å². The Kier molecular flexibility index (Phi) is 4.08. The van der Waals surface area contributed by atoms with Crippen LogP contribution in [0.25, 0.3) is 0 Å². The van der Waals surface area contributed by atoms with E-state index in [1.807, 2.05) is 68.4 Å². The maximum absolute atomic E-state index is 11.4. The van der Waals surface area contributed by atoms with Gasteiger partial charge in [0.1, 0.15) is 12.4 Å². The molecule has 3 heteroatoms. The largest absolute Gasteiger partial charge is 0.489 e. The van der Waals surface area contributed by atoms with Crippen molar-refractivity contribution in [3.63, 3.8) is 0 Å². The normalized spacial score (nSPS) is 11.1. The first kappa shape index (κ1) is 14.1. The minimum Gasteiger partial charge on any atom is -0.489 e. The van der Waals surface area contributed by atoms with Gasteiger partial charge in [-0.3, -0.25) is 4.79 Å². The van der Waals surface area contributed by atoms with Crippen LogP contribution in [0.15, 0.2) is 54.6 Å². The second-order valence-electron chi connectivity index (χ2n) is 5.29. The Balaban J connectivity index is 2.04. The molecule has 0 spiro atoms. The highest BCUT2D eigenvalue weighted by Crippen LogP contribution is 2.25. The quantitative estimate of drug-likeness (QED) is 0.907. The predicted octanol–water partition coefficient (Wildman–Crippen LogP) is 3.03. The lowest BCUT2D eigenvalue weighted by atomic mass is 9.84. The minimum absolute atomic E-state index is 0.338. The van der Waals surface area contributed by atoms with E-state index in [2.05, 4.69) is 0 Å². The van der Waals surface area contributed by atoms with E-state index in [4.69, 9.17) is 10.5 Å². The Morgan fingerprint density at radius 1 is 1.05 bits per heavy atom. The molecular formula is C17H19NO2. The Hall–Kier alpha value is -2.29. The van der Waals surface area contributed by atoms with Crippen molar-refractivity contribution in [3.8, 4) is 5.75 Å². The van der Waals surface area contributed by atoms with Gasteiger partial charge in [-0.1, -0.05) is 42.5 Å². The van der Waals surface area contributed by atoms with Crippen LogP contribution in [-0.4, -0.2) is 5.91 Å². The summed E-state index contributed by atoms with van der Waals surface area (Å²) in [5.74, 6) is 0.438. The number of rotatable bonds is 5. The fourth-order valence-corrected chi connectivity index (χ4v) is 1.85. The first-order valence-electron chi connectivity index (χ1n) is 6.57. The molecule has 0 atom stereocenters. The van der Waals surface area contributed by atoms with Gasteiger partial charge in [-0.15, -0.1) is 0 Å². The zero-order valence-corrected chi connectivity index (χ0v) is 11.8. The Bertz CT molecular complexity index is 574. The third-order valence-corrected chi connectivity index (χ3v) is 3.44. The van der Waals surface area contributed by atoms with Crippen LogP contribution in [0, 0.1) is 0 Å². The van der Waals surface area contributed by atoms with Crippen molar-refractivity contribution in [1.82, 2.24) is 0 Å². The smallest absolute Gasteiger partial charge is 0.227 e. The highest BCUT2D eigenvalue weighted by atomic mass is 16.5. The summed E-state index contributed by atoms with van der Waals surface area (Å²) in [4.78, 5) is 11.4. The van der Waals surface area contributed by atoms with E-state index in [-0.39, 0.29) is 5.91 Å². The first-order valence-corrected chi connectivity index (χ1v) is 6.57. The second kappa shape index (κ2) is 5.78. The zero-order valence-electron chi connectivity index (χ0n) is 11.8. The standard InChI is InChI=1S/C17H19NO2/c1-17(2,16(18)19)14-8-10-15(11-9-14)20-12-13-6-4-3-5-7-13/h3-11H,12H2,1-2H3,(H2,18,19). The molecule has 2 rings (SSSR count). The maximum atomic E-state index is 11.4. The van der Waals surface area contributed by atoms with E-state index >= 15 is 0 Å². The number of hydrogen-bond donors (Lipinski definition) is 1. The van der Waals surface area contributed by atoms with Crippen LogP contribution >= 0.6 is 0 Å². The van der Waals surface area contributed by atoms with E-state index in [1.165, 1.54) is 0 Å². The summed E-state index contributed by atoms with van der Waals surface area (Å²) >= 11 is 0. The molecular weight excluding hydrogens is 250 g/mol. The Morgan fingerprint density at radius 2 is 1.65 bits per heavy atom. The lowest BCUT2D eigenvalue weighted by molar-refractivity contribution is -0.122. The number of hydrogen-bond acceptors (Lipinski definition) is 2. The SMILES string of the molecule is CC(C)(C(N)=O)c1ccc(OCc2ccccc2)cc1. The van der Waals surface area contributed by atoms with Crippen LogP contribution in [0.1, 0.15) is 25.0 Å². The molecule has 0 radical (unpaired) electrons. The van der Waals surface area contributed by atoms with Gasteiger partial charge >= 0.3 is 0 Å². The van der Waals surface area contributed by atoms with Crippen molar-refractivity contribution in [3.05, 3.63) is 65.7 Å². The summed E-state index contributed by atoms with van der Waals surface area (Å²) in [6.07, 6.45) is 0. The van der Waals surface area contributed by atoms with Crippen molar-refractivity contribution in [1.29, 1.82) is 0 Å². The molecule has 0 heterocycles. The average Bonchev–Trinajstić information content (AvgIpc) is 2.46. The van der Waals surface area contributed by atoms with Gasteiger partial charge in [-0.05, 0) is 37.1 Å². The molecule has 1 amide bonds. The lowest BCUT2D eigenvalue weighted by Crippen LogP contribution is -2.35. The molecule has 3 nitrogen and oxygen atoms in total. The molecule has 2 aromatic rings. The van der Waals surface area contributed by atoms with E-state index in [1.54, 1.807) is 0 Å². The van der Waals surface area contributed by atoms with Crippen LogP contribution in [-0.2, 0) is 16.8 Å². The molecule has 0 aromatic heterocycles. The molecule has 0 saturated heterocycles. The summed E-state index contributed by atoms with van der Waals surface area (Å²) < 4.78 is 5.70. The summed E-state index contributed by atoms with van der Waals surface area (Å²) in [5, 5.41) is 0. The van der Waals surface area contributed by atoms with Crippen molar-refractivity contribution in [2.45, 2.75) is 25.9 Å². The van der Waals surface area contributed by atoms with Gasteiger partial charge in [0.05, 0.1) is 5.41 Å². The van der Waals surface area contributed by atoms with Crippen LogP contribution in [0.4, 0.5) is 0 Å². The van der Waals surface area contributed by atoms with E-state index in [9.17, 15) is 4.79 Å². The molecule has 20 heavy (non-hydrogen) atoms. The molecule has 2 N–H and O–H groups in total. The van der Waals surface area contributed by atoms with Crippen molar-refractivity contribution < 1.29 is 9.53 Å². The minimum atomic E-state index is -0.669.